The molecule has 0 saturated heterocycles. The second-order valence-electron chi connectivity index (χ2n) is 7.03. The predicted octanol–water partition coefficient (Wildman–Crippen LogP) is 4.08. The molecule has 3 heteroatoms. The van der Waals surface area contributed by atoms with Gasteiger partial charge in [0.05, 0.1) is 0 Å². The standard InChI is InChI=1S/C18H26ClNO/c1-13-5-7-18(12-19,8-6-13)20-11-16-10-15-9-14(2)3-4-17(15)21-16/h3-4,9,13,16,20H,5-8,10-12H2,1-2H3. The van der Waals surface area contributed by atoms with E-state index in [0.29, 0.717) is 5.88 Å². The average molecular weight is 308 g/mol. The fraction of sp³-hybridized carbons (Fsp3) is 0.667. The van der Waals surface area contributed by atoms with Crippen LogP contribution < -0.4 is 10.1 Å². The van der Waals surface area contributed by atoms with Gasteiger partial charge in [-0.2, -0.15) is 0 Å². The maximum Gasteiger partial charge on any atom is 0.123 e. The average Bonchev–Trinajstić information content (AvgIpc) is 2.89. The lowest BCUT2D eigenvalue weighted by Gasteiger charge is -2.39. The Kier molecular flexibility index (Phi) is 4.46. The summed E-state index contributed by atoms with van der Waals surface area (Å²) < 4.78 is 6.06. The molecule has 116 valence electrons. The van der Waals surface area contributed by atoms with Gasteiger partial charge in [0.2, 0.25) is 0 Å². The van der Waals surface area contributed by atoms with E-state index < -0.39 is 0 Å². The Morgan fingerprint density at radius 2 is 2.10 bits per heavy atom. The smallest absolute Gasteiger partial charge is 0.123 e. The summed E-state index contributed by atoms with van der Waals surface area (Å²) in [6, 6.07) is 6.47. The number of aryl methyl sites for hydroxylation is 1. The maximum atomic E-state index is 6.28. The lowest BCUT2D eigenvalue weighted by Crippen LogP contribution is -2.52. The van der Waals surface area contributed by atoms with Gasteiger partial charge in [-0.3, -0.25) is 0 Å². The van der Waals surface area contributed by atoms with Gasteiger partial charge < -0.3 is 10.1 Å². The van der Waals surface area contributed by atoms with Gasteiger partial charge in [0.1, 0.15) is 11.9 Å². The third-order valence-electron chi connectivity index (χ3n) is 5.15. The summed E-state index contributed by atoms with van der Waals surface area (Å²) in [7, 11) is 0. The number of hydrogen-bond acceptors (Lipinski definition) is 2. The molecule has 1 N–H and O–H groups in total. The van der Waals surface area contributed by atoms with E-state index in [9.17, 15) is 0 Å². The Balaban J connectivity index is 1.56. The van der Waals surface area contributed by atoms with Crippen molar-refractivity contribution in [3.8, 4) is 5.75 Å². The summed E-state index contributed by atoms with van der Waals surface area (Å²) in [6.07, 6.45) is 6.21. The minimum absolute atomic E-state index is 0.127. The predicted molar refractivity (Wildman–Crippen MR) is 88.4 cm³/mol. The molecular weight excluding hydrogens is 282 g/mol. The number of ether oxygens (including phenoxy) is 1. The van der Waals surface area contributed by atoms with Gasteiger partial charge >= 0.3 is 0 Å². The van der Waals surface area contributed by atoms with E-state index in [-0.39, 0.29) is 11.6 Å². The van der Waals surface area contributed by atoms with E-state index >= 15 is 0 Å². The number of nitrogens with one attached hydrogen (secondary N) is 1. The van der Waals surface area contributed by atoms with Crippen molar-refractivity contribution in [1.82, 2.24) is 5.32 Å². The van der Waals surface area contributed by atoms with Crippen LogP contribution in [0.2, 0.25) is 0 Å². The van der Waals surface area contributed by atoms with Gasteiger partial charge in [-0.1, -0.05) is 24.6 Å². The molecule has 1 aromatic carbocycles. The van der Waals surface area contributed by atoms with Gasteiger partial charge in [-0.25, -0.2) is 0 Å². The van der Waals surface area contributed by atoms with Crippen LogP contribution in [0.4, 0.5) is 0 Å². The summed E-state index contributed by atoms with van der Waals surface area (Å²) in [5.74, 6) is 2.61. The molecule has 1 aliphatic heterocycles. The third-order valence-corrected chi connectivity index (χ3v) is 5.66. The Labute approximate surface area is 133 Å². The molecule has 2 aliphatic rings. The first-order valence-electron chi connectivity index (χ1n) is 8.17. The van der Waals surface area contributed by atoms with Crippen LogP contribution in [0.1, 0.15) is 43.7 Å². The lowest BCUT2D eigenvalue weighted by atomic mass is 9.78. The van der Waals surface area contributed by atoms with Crippen molar-refractivity contribution >= 4 is 11.6 Å². The molecule has 1 atom stereocenters. The molecule has 1 heterocycles. The molecular formula is C18H26ClNO. The zero-order valence-corrected chi connectivity index (χ0v) is 13.9. The number of rotatable bonds is 4. The minimum atomic E-state index is 0.127. The highest BCUT2D eigenvalue weighted by molar-refractivity contribution is 6.18. The Morgan fingerprint density at radius 3 is 2.81 bits per heavy atom. The van der Waals surface area contributed by atoms with Crippen LogP contribution >= 0.6 is 11.6 Å². The second kappa shape index (κ2) is 6.18. The van der Waals surface area contributed by atoms with Crippen LogP contribution in [0.25, 0.3) is 0 Å². The van der Waals surface area contributed by atoms with Crippen molar-refractivity contribution in [1.29, 1.82) is 0 Å². The summed E-state index contributed by atoms with van der Waals surface area (Å²) in [6.45, 7) is 5.38. The largest absolute Gasteiger partial charge is 0.488 e. The molecule has 1 saturated carbocycles. The van der Waals surface area contributed by atoms with Crippen molar-refractivity contribution < 1.29 is 4.74 Å². The number of fused-ring (bicyclic) bond motifs is 1. The number of alkyl halides is 1. The van der Waals surface area contributed by atoms with Crippen molar-refractivity contribution in [3.05, 3.63) is 29.3 Å². The molecule has 1 fully saturated rings. The molecule has 3 rings (SSSR count). The number of halogens is 1. The Hall–Kier alpha value is -0.730. The van der Waals surface area contributed by atoms with E-state index in [1.165, 1.54) is 36.8 Å². The highest BCUT2D eigenvalue weighted by Gasteiger charge is 2.34. The molecule has 1 aromatic rings. The molecule has 1 unspecified atom stereocenters. The molecule has 0 aromatic heterocycles. The van der Waals surface area contributed by atoms with Crippen molar-refractivity contribution in [2.45, 2.75) is 57.6 Å². The van der Waals surface area contributed by atoms with Gasteiger partial charge in [-0.15, -0.1) is 11.6 Å². The summed E-state index contributed by atoms with van der Waals surface area (Å²) in [5, 5.41) is 3.74. The molecule has 0 bridgehead atoms. The zero-order valence-electron chi connectivity index (χ0n) is 13.1. The van der Waals surface area contributed by atoms with Crippen molar-refractivity contribution in [2.75, 3.05) is 12.4 Å². The molecule has 1 aliphatic carbocycles. The summed E-state index contributed by atoms with van der Waals surface area (Å²) >= 11 is 6.28. The molecule has 0 amide bonds. The monoisotopic (exact) mass is 307 g/mol. The third kappa shape index (κ3) is 3.37. The van der Waals surface area contributed by atoms with E-state index in [0.717, 1.165) is 24.6 Å². The van der Waals surface area contributed by atoms with Crippen LogP contribution in [0.15, 0.2) is 18.2 Å². The Bertz CT molecular complexity index is 494. The van der Waals surface area contributed by atoms with E-state index in [2.05, 4.69) is 37.4 Å². The molecule has 0 spiro atoms. The van der Waals surface area contributed by atoms with Gasteiger partial charge in [-0.05, 0) is 50.2 Å². The fourth-order valence-corrected chi connectivity index (χ4v) is 3.93. The normalized spacial score (nSPS) is 31.8. The van der Waals surface area contributed by atoms with Crippen LogP contribution in [-0.4, -0.2) is 24.1 Å². The maximum absolute atomic E-state index is 6.28. The molecule has 2 nitrogen and oxygen atoms in total. The highest BCUT2D eigenvalue weighted by atomic mass is 35.5. The number of hydrogen-bond donors (Lipinski definition) is 1. The van der Waals surface area contributed by atoms with E-state index in [4.69, 9.17) is 16.3 Å². The van der Waals surface area contributed by atoms with Gasteiger partial charge in [0.25, 0.3) is 0 Å². The van der Waals surface area contributed by atoms with Gasteiger partial charge in [0, 0.05) is 24.4 Å². The van der Waals surface area contributed by atoms with Gasteiger partial charge in [0.15, 0.2) is 0 Å². The summed E-state index contributed by atoms with van der Waals surface area (Å²) in [4.78, 5) is 0. The highest BCUT2D eigenvalue weighted by Crippen LogP contribution is 2.34. The molecule has 21 heavy (non-hydrogen) atoms. The van der Waals surface area contributed by atoms with Crippen LogP contribution in [0.5, 0.6) is 5.75 Å². The van der Waals surface area contributed by atoms with Crippen LogP contribution in [-0.2, 0) is 6.42 Å². The van der Waals surface area contributed by atoms with Crippen LogP contribution in [0, 0.1) is 12.8 Å². The van der Waals surface area contributed by atoms with Crippen molar-refractivity contribution in [2.24, 2.45) is 5.92 Å². The summed E-state index contributed by atoms with van der Waals surface area (Å²) in [5.41, 5.74) is 2.78. The second-order valence-corrected chi connectivity index (χ2v) is 7.30. The zero-order chi connectivity index (χ0) is 14.9. The van der Waals surface area contributed by atoms with E-state index in [1.54, 1.807) is 0 Å². The quantitative estimate of drug-likeness (QED) is 0.846. The topological polar surface area (TPSA) is 21.3 Å². The van der Waals surface area contributed by atoms with Crippen LogP contribution in [0.3, 0.4) is 0 Å². The fourth-order valence-electron chi connectivity index (χ4n) is 3.57. The minimum Gasteiger partial charge on any atom is -0.488 e. The first-order valence-corrected chi connectivity index (χ1v) is 8.71. The first kappa shape index (κ1) is 15.2. The Morgan fingerprint density at radius 1 is 1.33 bits per heavy atom. The van der Waals surface area contributed by atoms with Crippen molar-refractivity contribution in [3.63, 3.8) is 0 Å². The van der Waals surface area contributed by atoms with E-state index in [1.807, 2.05) is 0 Å². The lowest BCUT2D eigenvalue weighted by molar-refractivity contribution is 0.171. The number of benzene rings is 1. The first-order chi connectivity index (χ1) is 10.1. The SMILES string of the molecule is Cc1ccc2c(c1)CC(CNC1(CCl)CCC(C)CC1)O2. The molecule has 0 radical (unpaired) electrons.